The van der Waals surface area contributed by atoms with E-state index in [-0.39, 0.29) is 23.3 Å². The van der Waals surface area contributed by atoms with Gasteiger partial charge in [0.25, 0.3) is 5.91 Å². The number of carbonyl (C=O) groups excluding carboxylic acids is 1. The highest BCUT2D eigenvalue weighted by molar-refractivity contribution is 5.97. The van der Waals surface area contributed by atoms with Gasteiger partial charge in [0.2, 0.25) is 0 Å². The maximum absolute atomic E-state index is 13.6. The van der Waals surface area contributed by atoms with Crippen LogP contribution in [-0.2, 0) is 0 Å². The van der Waals surface area contributed by atoms with Crippen molar-refractivity contribution < 1.29 is 14.3 Å². The molecule has 1 aromatic carbocycles. The van der Waals surface area contributed by atoms with Crippen LogP contribution in [0.3, 0.4) is 0 Å². The molecular formula is C18H21FN2O2. The fourth-order valence-electron chi connectivity index (χ4n) is 3.17. The van der Waals surface area contributed by atoms with Gasteiger partial charge in [0.1, 0.15) is 11.3 Å². The molecule has 1 amide bonds. The van der Waals surface area contributed by atoms with Crippen LogP contribution in [0.2, 0.25) is 0 Å². The monoisotopic (exact) mass is 316 g/mol. The van der Waals surface area contributed by atoms with Crippen LogP contribution in [0.1, 0.15) is 49.4 Å². The van der Waals surface area contributed by atoms with Crippen LogP contribution < -0.4 is 5.32 Å². The lowest BCUT2D eigenvalue weighted by Crippen LogP contribution is -2.43. The number of rotatable bonds is 3. The summed E-state index contributed by atoms with van der Waals surface area (Å²) in [6, 6.07) is 6.42. The topological polar surface area (TPSA) is 62.2 Å². The molecule has 0 atom stereocenters. The molecule has 4 nitrogen and oxygen atoms in total. The second kappa shape index (κ2) is 6.24. The Labute approximate surface area is 134 Å². The Bertz CT molecular complexity index is 724. The van der Waals surface area contributed by atoms with Crippen LogP contribution in [0, 0.1) is 5.82 Å². The molecule has 1 aliphatic carbocycles. The smallest absolute Gasteiger partial charge is 0.253 e. The average Bonchev–Trinajstić information content (AvgIpc) is 2.57. The molecule has 0 spiro atoms. The third-order valence-corrected chi connectivity index (χ3v) is 4.83. The molecule has 2 aromatic rings. The summed E-state index contributed by atoms with van der Waals surface area (Å²) in [6.45, 7) is 1.98. The average molecular weight is 316 g/mol. The number of halogens is 1. The molecule has 5 heteroatoms. The van der Waals surface area contributed by atoms with Crippen molar-refractivity contribution in [1.29, 1.82) is 0 Å². The van der Waals surface area contributed by atoms with Crippen molar-refractivity contribution >= 4 is 16.8 Å². The molecule has 1 fully saturated rings. The molecule has 1 saturated carbocycles. The third kappa shape index (κ3) is 3.34. The summed E-state index contributed by atoms with van der Waals surface area (Å²) in [5, 5.41) is 13.8. The van der Waals surface area contributed by atoms with Crippen molar-refractivity contribution in [3.05, 3.63) is 41.8 Å². The fourth-order valence-corrected chi connectivity index (χ4v) is 3.17. The molecule has 23 heavy (non-hydrogen) atoms. The first-order valence-electron chi connectivity index (χ1n) is 8.08. The van der Waals surface area contributed by atoms with E-state index >= 15 is 0 Å². The van der Waals surface area contributed by atoms with Gasteiger partial charge >= 0.3 is 0 Å². The number of pyridine rings is 1. The zero-order valence-electron chi connectivity index (χ0n) is 13.2. The normalized spacial score (nSPS) is 24.6. The zero-order chi connectivity index (χ0) is 16.4. The summed E-state index contributed by atoms with van der Waals surface area (Å²) in [5.74, 6) is -0.587. The number of aromatic nitrogens is 1. The van der Waals surface area contributed by atoms with E-state index in [1.54, 1.807) is 18.2 Å². The minimum absolute atomic E-state index is 0.0672. The minimum atomic E-state index is -0.580. The molecule has 2 N–H and O–H groups in total. The van der Waals surface area contributed by atoms with Crippen LogP contribution in [0.4, 0.5) is 4.39 Å². The molecule has 0 saturated heterocycles. The Hall–Kier alpha value is -2.01. The van der Waals surface area contributed by atoms with Crippen LogP contribution in [-0.4, -0.2) is 27.6 Å². The van der Waals surface area contributed by atoms with Crippen molar-refractivity contribution in [3.8, 4) is 0 Å². The molecule has 1 aliphatic rings. The van der Waals surface area contributed by atoms with Gasteiger partial charge in [-0.1, -0.05) is 19.1 Å². The van der Waals surface area contributed by atoms with E-state index in [4.69, 9.17) is 0 Å². The molecule has 0 aliphatic heterocycles. The zero-order valence-corrected chi connectivity index (χ0v) is 13.2. The van der Waals surface area contributed by atoms with Crippen molar-refractivity contribution in [2.75, 3.05) is 0 Å². The Kier molecular flexibility index (Phi) is 4.31. The second-order valence-electron chi connectivity index (χ2n) is 6.36. The van der Waals surface area contributed by atoms with E-state index in [9.17, 15) is 14.3 Å². The van der Waals surface area contributed by atoms with E-state index in [2.05, 4.69) is 10.3 Å². The maximum Gasteiger partial charge on any atom is 0.253 e. The van der Waals surface area contributed by atoms with Crippen molar-refractivity contribution in [1.82, 2.24) is 10.3 Å². The molecule has 0 radical (unpaired) electrons. The number of amides is 1. The van der Waals surface area contributed by atoms with Gasteiger partial charge in [0.15, 0.2) is 0 Å². The van der Waals surface area contributed by atoms with E-state index in [1.165, 1.54) is 12.3 Å². The first-order valence-corrected chi connectivity index (χ1v) is 8.08. The van der Waals surface area contributed by atoms with Crippen molar-refractivity contribution in [3.63, 3.8) is 0 Å². The highest BCUT2D eigenvalue weighted by atomic mass is 19.1. The quantitative estimate of drug-likeness (QED) is 0.914. The summed E-state index contributed by atoms with van der Waals surface area (Å²) in [6.07, 6.45) is 5.10. The summed E-state index contributed by atoms with van der Waals surface area (Å²) in [5.41, 5.74) is 0.123. The summed E-state index contributed by atoms with van der Waals surface area (Å²) >= 11 is 0. The largest absolute Gasteiger partial charge is 0.390 e. The van der Waals surface area contributed by atoms with Gasteiger partial charge in [-0.2, -0.15) is 0 Å². The number of nitrogens with one attached hydrogen (secondary N) is 1. The van der Waals surface area contributed by atoms with E-state index in [0.717, 1.165) is 19.3 Å². The first kappa shape index (κ1) is 15.9. The van der Waals surface area contributed by atoms with Crippen LogP contribution >= 0.6 is 0 Å². The van der Waals surface area contributed by atoms with Crippen molar-refractivity contribution in [2.24, 2.45) is 0 Å². The fraction of sp³-hybridized carbons (Fsp3) is 0.444. The van der Waals surface area contributed by atoms with Crippen molar-refractivity contribution in [2.45, 2.75) is 50.7 Å². The standard InChI is InChI=1S/C18H21FN2O2/c1-2-18(23)8-6-14(7-9-18)21-17(22)13-10-12-4-3-5-15(19)16(12)20-11-13/h3-5,10-11,14,23H,2,6-9H2,1H3,(H,21,22). The molecule has 1 heterocycles. The van der Waals surface area contributed by atoms with Gasteiger partial charge < -0.3 is 10.4 Å². The molecule has 0 unspecified atom stereocenters. The van der Waals surface area contributed by atoms with Crippen LogP contribution in [0.5, 0.6) is 0 Å². The summed E-state index contributed by atoms with van der Waals surface area (Å²) in [7, 11) is 0. The van der Waals surface area contributed by atoms with Gasteiger partial charge in [0, 0.05) is 17.6 Å². The summed E-state index contributed by atoms with van der Waals surface area (Å²) < 4.78 is 13.6. The number of hydrogen-bond acceptors (Lipinski definition) is 3. The Morgan fingerprint density at radius 2 is 2.17 bits per heavy atom. The summed E-state index contributed by atoms with van der Waals surface area (Å²) in [4.78, 5) is 16.4. The van der Waals surface area contributed by atoms with Gasteiger partial charge in [-0.25, -0.2) is 4.39 Å². The molecule has 122 valence electrons. The molecule has 0 bridgehead atoms. The molecule has 1 aromatic heterocycles. The van der Waals surface area contributed by atoms with E-state index < -0.39 is 5.60 Å². The predicted octanol–water partition coefficient (Wildman–Crippen LogP) is 3.19. The lowest BCUT2D eigenvalue weighted by atomic mass is 9.80. The molecular weight excluding hydrogens is 295 g/mol. The number of hydrogen-bond donors (Lipinski definition) is 2. The van der Waals surface area contributed by atoms with Crippen LogP contribution in [0.15, 0.2) is 30.5 Å². The van der Waals surface area contributed by atoms with E-state index in [0.29, 0.717) is 23.8 Å². The third-order valence-electron chi connectivity index (χ3n) is 4.83. The highest BCUT2D eigenvalue weighted by Crippen LogP contribution is 2.31. The molecule has 3 rings (SSSR count). The highest BCUT2D eigenvalue weighted by Gasteiger charge is 2.32. The van der Waals surface area contributed by atoms with Gasteiger partial charge in [-0.3, -0.25) is 9.78 Å². The maximum atomic E-state index is 13.6. The van der Waals surface area contributed by atoms with Crippen LogP contribution in [0.25, 0.3) is 10.9 Å². The SMILES string of the molecule is CCC1(O)CCC(NC(=O)c2cnc3c(F)cccc3c2)CC1. The Balaban J connectivity index is 1.69. The van der Waals surface area contributed by atoms with Gasteiger partial charge in [-0.15, -0.1) is 0 Å². The number of fused-ring (bicyclic) bond motifs is 1. The lowest BCUT2D eigenvalue weighted by molar-refractivity contribution is -0.00652. The Morgan fingerprint density at radius 1 is 1.43 bits per heavy atom. The van der Waals surface area contributed by atoms with Gasteiger partial charge in [-0.05, 0) is 44.2 Å². The lowest BCUT2D eigenvalue weighted by Gasteiger charge is -2.35. The minimum Gasteiger partial charge on any atom is -0.390 e. The Morgan fingerprint density at radius 3 is 2.87 bits per heavy atom. The number of nitrogens with zero attached hydrogens (tertiary/aromatic N) is 1. The number of para-hydroxylation sites is 1. The first-order chi connectivity index (χ1) is 11.0. The van der Waals surface area contributed by atoms with Gasteiger partial charge in [0.05, 0.1) is 11.2 Å². The number of carbonyl (C=O) groups is 1. The van der Waals surface area contributed by atoms with E-state index in [1.807, 2.05) is 6.92 Å². The second-order valence-corrected chi connectivity index (χ2v) is 6.36. The number of benzene rings is 1. The predicted molar refractivity (Wildman–Crippen MR) is 86.7 cm³/mol. The number of aliphatic hydroxyl groups is 1.